The monoisotopic (exact) mass is 271 g/mol. The Kier molecular flexibility index (Phi) is 3.55. The molecule has 1 fully saturated rings. The van der Waals surface area contributed by atoms with Crippen LogP contribution in [0.3, 0.4) is 0 Å². The largest absolute Gasteiger partial charge is 0.342 e. The number of aromatic nitrogens is 2. The van der Waals surface area contributed by atoms with Gasteiger partial charge in [-0.05, 0) is 30.5 Å². The maximum Gasteiger partial charge on any atom is 0.109 e. The average molecular weight is 271 g/mol. The van der Waals surface area contributed by atoms with Gasteiger partial charge in [0, 0.05) is 17.9 Å². The van der Waals surface area contributed by atoms with Crippen LogP contribution in [0, 0.1) is 0 Å². The zero-order valence-electron chi connectivity index (χ0n) is 12.6. The highest BCUT2D eigenvalue weighted by atomic mass is 14.9. The third kappa shape index (κ3) is 2.24. The Morgan fingerprint density at radius 1 is 1.25 bits per heavy atom. The fraction of sp³-hybridized carbons (Fsp3) is 0.588. The van der Waals surface area contributed by atoms with E-state index in [1.54, 1.807) is 0 Å². The van der Waals surface area contributed by atoms with E-state index in [-0.39, 0.29) is 5.41 Å². The van der Waals surface area contributed by atoms with Crippen molar-refractivity contribution in [3.05, 3.63) is 29.6 Å². The van der Waals surface area contributed by atoms with Crippen molar-refractivity contribution in [1.82, 2.24) is 9.97 Å². The summed E-state index contributed by atoms with van der Waals surface area (Å²) in [5.74, 6) is 1.51. The molecule has 0 atom stereocenters. The van der Waals surface area contributed by atoms with Crippen LogP contribution in [0.15, 0.2) is 18.2 Å². The second kappa shape index (κ2) is 5.21. The minimum atomic E-state index is 0.190. The number of nitrogens with zero attached hydrogens (tertiary/aromatic N) is 1. The molecule has 0 aliphatic heterocycles. The predicted octanol–water partition coefficient (Wildman–Crippen LogP) is 3.85. The maximum atomic E-state index is 6.14. The number of H-pyrrole nitrogens is 1. The lowest BCUT2D eigenvalue weighted by atomic mass is 9.69. The minimum Gasteiger partial charge on any atom is -0.342 e. The Bertz CT molecular complexity index is 591. The van der Waals surface area contributed by atoms with Crippen LogP contribution in [0.25, 0.3) is 11.0 Å². The molecule has 0 saturated heterocycles. The summed E-state index contributed by atoms with van der Waals surface area (Å²) in [6.45, 7) is 5.09. The molecule has 20 heavy (non-hydrogen) atoms. The van der Waals surface area contributed by atoms with Crippen molar-refractivity contribution in [3.8, 4) is 0 Å². The van der Waals surface area contributed by atoms with Crippen LogP contribution in [-0.4, -0.2) is 16.5 Å². The van der Waals surface area contributed by atoms with Gasteiger partial charge in [-0.15, -0.1) is 0 Å². The molecule has 3 N–H and O–H groups in total. The van der Waals surface area contributed by atoms with Crippen molar-refractivity contribution >= 4 is 11.0 Å². The van der Waals surface area contributed by atoms with Crippen LogP contribution >= 0.6 is 0 Å². The first-order valence-electron chi connectivity index (χ1n) is 7.85. The van der Waals surface area contributed by atoms with Crippen LogP contribution < -0.4 is 5.73 Å². The number of benzene rings is 1. The van der Waals surface area contributed by atoms with Gasteiger partial charge in [-0.3, -0.25) is 0 Å². The summed E-state index contributed by atoms with van der Waals surface area (Å²) >= 11 is 0. The van der Waals surface area contributed by atoms with E-state index in [4.69, 9.17) is 5.73 Å². The quantitative estimate of drug-likeness (QED) is 0.891. The van der Waals surface area contributed by atoms with Crippen molar-refractivity contribution in [2.24, 2.45) is 5.73 Å². The van der Waals surface area contributed by atoms with E-state index in [1.165, 1.54) is 37.7 Å². The Morgan fingerprint density at radius 3 is 2.65 bits per heavy atom. The number of nitrogens with two attached hydrogens (primary N) is 1. The van der Waals surface area contributed by atoms with E-state index in [2.05, 4.69) is 42.0 Å². The van der Waals surface area contributed by atoms with E-state index >= 15 is 0 Å². The molecule has 3 rings (SSSR count). The molecule has 0 bridgehead atoms. The zero-order chi connectivity index (χ0) is 14.2. The first-order chi connectivity index (χ1) is 9.64. The average Bonchev–Trinajstić information content (AvgIpc) is 2.91. The Morgan fingerprint density at radius 2 is 2.00 bits per heavy atom. The molecule has 1 aromatic heterocycles. The SMILES string of the molecule is CC(C)c1nc2ccc(C3(CN)CCCCC3)cc2[nH]1. The number of imidazole rings is 1. The van der Waals surface area contributed by atoms with Gasteiger partial charge in [0.2, 0.25) is 0 Å². The molecule has 1 aromatic carbocycles. The van der Waals surface area contributed by atoms with Gasteiger partial charge in [-0.1, -0.05) is 39.2 Å². The van der Waals surface area contributed by atoms with Crippen LogP contribution in [0.2, 0.25) is 0 Å². The molecule has 3 heteroatoms. The molecule has 0 spiro atoms. The molecule has 0 radical (unpaired) electrons. The lowest BCUT2D eigenvalue weighted by Crippen LogP contribution is -2.37. The van der Waals surface area contributed by atoms with Crippen LogP contribution in [-0.2, 0) is 5.41 Å². The van der Waals surface area contributed by atoms with E-state index in [0.717, 1.165) is 23.4 Å². The van der Waals surface area contributed by atoms with Gasteiger partial charge < -0.3 is 10.7 Å². The van der Waals surface area contributed by atoms with E-state index in [0.29, 0.717) is 5.92 Å². The maximum absolute atomic E-state index is 6.14. The zero-order valence-corrected chi connectivity index (χ0v) is 12.6. The molecule has 2 aromatic rings. The van der Waals surface area contributed by atoms with E-state index in [9.17, 15) is 0 Å². The van der Waals surface area contributed by atoms with Gasteiger partial charge in [-0.25, -0.2) is 4.98 Å². The van der Waals surface area contributed by atoms with Gasteiger partial charge in [-0.2, -0.15) is 0 Å². The number of rotatable bonds is 3. The van der Waals surface area contributed by atoms with Gasteiger partial charge >= 0.3 is 0 Å². The Hall–Kier alpha value is -1.35. The molecule has 1 heterocycles. The summed E-state index contributed by atoms with van der Waals surface area (Å²) < 4.78 is 0. The third-order valence-corrected chi connectivity index (χ3v) is 4.86. The number of fused-ring (bicyclic) bond motifs is 1. The number of hydrogen-bond donors (Lipinski definition) is 2. The van der Waals surface area contributed by atoms with Gasteiger partial charge in [0.1, 0.15) is 5.82 Å². The van der Waals surface area contributed by atoms with Crippen LogP contribution in [0.1, 0.15) is 63.3 Å². The lowest BCUT2D eigenvalue weighted by molar-refractivity contribution is 0.301. The second-order valence-electron chi connectivity index (χ2n) is 6.55. The third-order valence-electron chi connectivity index (χ3n) is 4.86. The van der Waals surface area contributed by atoms with Gasteiger partial charge in [0.25, 0.3) is 0 Å². The molecule has 1 saturated carbocycles. The first-order valence-corrected chi connectivity index (χ1v) is 7.85. The van der Waals surface area contributed by atoms with Crippen molar-refractivity contribution in [1.29, 1.82) is 0 Å². The summed E-state index contributed by atoms with van der Waals surface area (Å²) in [5, 5.41) is 0. The summed E-state index contributed by atoms with van der Waals surface area (Å²) in [6.07, 6.45) is 6.40. The smallest absolute Gasteiger partial charge is 0.109 e. The fourth-order valence-corrected chi connectivity index (χ4v) is 3.47. The summed E-state index contributed by atoms with van der Waals surface area (Å²) in [6, 6.07) is 6.68. The molecule has 108 valence electrons. The lowest BCUT2D eigenvalue weighted by Gasteiger charge is -2.36. The van der Waals surface area contributed by atoms with Crippen molar-refractivity contribution in [3.63, 3.8) is 0 Å². The molecule has 0 amide bonds. The number of hydrogen-bond acceptors (Lipinski definition) is 2. The van der Waals surface area contributed by atoms with Crippen molar-refractivity contribution < 1.29 is 0 Å². The van der Waals surface area contributed by atoms with E-state index < -0.39 is 0 Å². The van der Waals surface area contributed by atoms with Crippen LogP contribution in [0.4, 0.5) is 0 Å². The first kappa shape index (κ1) is 13.6. The molecule has 0 unspecified atom stereocenters. The minimum absolute atomic E-state index is 0.190. The number of nitrogens with one attached hydrogen (secondary N) is 1. The molecule has 1 aliphatic rings. The summed E-state index contributed by atoms with van der Waals surface area (Å²) in [7, 11) is 0. The van der Waals surface area contributed by atoms with Crippen molar-refractivity contribution in [2.45, 2.75) is 57.3 Å². The molecule has 1 aliphatic carbocycles. The standard InChI is InChI=1S/C17H25N3/c1-12(2)16-19-14-7-6-13(10-15(14)20-16)17(11-18)8-4-3-5-9-17/h6-7,10,12H,3-5,8-9,11,18H2,1-2H3,(H,19,20). The van der Waals surface area contributed by atoms with E-state index in [1.807, 2.05) is 0 Å². The highest BCUT2D eigenvalue weighted by molar-refractivity contribution is 5.76. The summed E-state index contributed by atoms with van der Waals surface area (Å²) in [4.78, 5) is 8.12. The highest BCUT2D eigenvalue weighted by Crippen LogP contribution is 2.39. The fourth-order valence-electron chi connectivity index (χ4n) is 3.47. The molecular formula is C17H25N3. The topological polar surface area (TPSA) is 54.7 Å². The van der Waals surface area contributed by atoms with Crippen LogP contribution in [0.5, 0.6) is 0 Å². The predicted molar refractivity (Wildman–Crippen MR) is 84.0 cm³/mol. The van der Waals surface area contributed by atoms with Gasteiger partial charge in [0.15, 0.2) is 0 Å². The highest BCUT2D eigenvalue weighted by Gasteiger charge is 2.32. The van der Waals surface area contributed by atoms with Gasteiger partial charge in [0.05, 0.1) is 11.0 Å². The summed E-state index contributed by atoms with van der Waals surface area (Å²) in [5.41, 5.74) is 9.95. The molecular weight excluding hydrogens is 246 g/mol. The Balaban J connectivity index is 2.02. The van der Waals surface area contributed by atoms with Crippen molar-refractivity contribution in [2.75, 3.05) is 6.54 Å². The molecule has 3 nitrogen and oxygen atoms in total. The number of aromatic amines is 1. The second-order valence-corrected chi connectivity index (χ2v) is 6.55. The normalized spacial score (nSPS) is 18.8. The Labute approximate surface area is 121 Å².